The minimum Gasteiger partial charge on any atom is -0.396 e. The van der Waals surface area contributed by atoms with Crippen molar-refractivity contribution >= 4 is 39.6 Å². The number of Topliss-reactive ketones (excluding diaryl/α,β-unsaturated/α-hetero) is 1. The van der Waals surface area contributed by atoms with Gasteiger partial charge in [-0.15, -0.1) is 23.1 Å². The van der Waals surface area contributed by atoms with Crippen LogP contribution in [0.4, 0.5) is 10.7 Å². The van der Waals surface area contributed by atoms with Crippen LogP contribution in [0.1, 0.15) is 37.4 Å². The van der Waals surface area contributed by atoms with Crippen LogP contribution in [0.3, 0.4) is 0 Å². The summed E-state index contributed by atoms with van der Waals surface area (Å²) < 4.78 is 5.79. The molecular weight excluding hydrogens is 304 g/mol. The number of carbonyl (C=O) groups is 1. The molecule has 0 radical (unpaired) electrons. The molecule has 1 aromatic heterocycles. The molecule has 0 spiro atoms. The third-order valence-corrected chi connectivity index (χ3v) is 5.77. The highest BCUT2D eigenvalue weighted by Gasteiger charge is 2.29. The lowest BCUT2D eigenvalue weighted by atomic mass is 10.1. The molecule has 0 aliphatic carbocycles. The Hall–Kier alpha value is -0.720. The van der Waals surface area contributed by atoms with Crippen molar-refractivity contribution in [1.29, 1.82) is 0 Å². The molecule has 4 nitrogen and oxygen atoms in total. The van der Waals surface area contributed by atoms with Crippen LogP contribution in [0.15, 0.2) is 4.90 Å². The number of nitrogens with two attached hydrogens (primary N) is 1. The Balaban J connectivity index is 2.39. The summed E-state index contributed by atoms with van der Waals surface area (Å²) in [4.78, 5) is 16.4. The van der Waals surface area contributed by atoms with Crippen molar-refractivity contribution in [2.45, 2.75) is 44.8 Å². The van der Waals surface area contributed by atoms with Crippen LogP contribution < -0.4 is 10.6 Å². The first-order chi connectivity index (χ1) is 9.85. The van der Waals surface area contributed by atoms with Gasteiger partial charge in [0.1, 0.15) is 5.00 Å². The first-order valence-electron chi connectivity index (χ1n) is 7.26. The Bertz CT molecular complexity index is 518. The Morgan fingerprint density at radius 2 is 1.95 bits per heavy atom. The van der Waals surface area contributed by atoms with E-state index < -0.39 is 0 Å². The van der Waals surface area contributed by atoms with Crippen molar-refractivity contribution in [3.63, 3.8) is 0 Å². The highest BCUT2D eigenvalue weighted by atomic mass is 32.2. The molecule has 2 rings (SSSR count). The molecule has 118 valence electrons. The van der Waals surface area contributed by atoms with Gasteiger partial charge < -0.3 is 15.4 Å². The van der Waals surface area contributed by atoms with Crippen LogP contribution >= 0.6 is 23.1 Å². The molecule has 0 amide bonds. The molecular formula is C15H24N2O2S2. The maximum absolute atomic E-state index is 12.3. The summed E-state index contributed by atoms with van der Waals surface area (Å²) in [6.07, 6.45) is 2.39. The second-order valence-electron chi connectivity index (χ2n) is 5.86. The van der Waals surface area contributed by atoms with E-state index >= 15 is 0 Å². The van der Waals surface area contributed by atoms with Crippen molar-refractivity contribution in [2.24, 2.45) is 5.92 Å². The van der Waals surface area contributed by atoms with E-state index in [-0.39, 0.29) is 23.9 Å². The number of thioether (sulfide) groups is 1. The summed E-state index contributed by atoms with van der Waals surface area (Å²) in [6, 6.07) is 0. The zero-order valence-corrected chi connectivity index (χ0v) is 14.9. The largest absolute Gasteiger partial charge is 0.396 e. The highest BCUT2D eigenvalue weighted by molar-refractivity contribution is 7.99. The second kappa shape index (κ2) is 6.58. The first-order valence-corrected chi connectivity index (χ1v) is 9.30. The van der Waals surface area contributed by atoms with Crippen molar-refractivity contribution in [3.8, 4) is 0 Å². The lowest BCUT2D eigenvalue weighted by molar-refractivity contribution is -0.00513. The fraction of sp³-hybridized carbons (Fsp3) is 0.667. The van der Waals surface area contributed by atoms with Gasteiger partial charge in [0.15, 0.2) is 5.78 Å². The number of ketones is 1. The third-order valence-electron chi connectivity index (χ3n) is 3.54. The summed E-state index contributed by atoms with van der Waals surface area (Å²) in [5.74, 6) is 0.101. The Morgan fingerprint density at radius 1 is 1.38 bits per heavy atom. The molecule has 1 aromatic rings. The van der Waals surface area contributed by atoms with Crippen molar-refractivity contribution < 1.29 is 9.53 Å². The fourth-order valence-corrected chi connectivity index (χ4v) is 4.90. The monoisotopic (exact) mass is 328 g/mol. The van der Waals surface area contributed by atoms with Crippen LogP contribution in [-0.4, -0.2) is 37.3 Å². The Morgan fingerprint density at radius 3 is 2.43 bits per heavy atom. The van der Waals surface area contributed by atoms with Gasteiger partial charge in [0, 0.05) is 19.0 Å². The normalized spacial score (nSPS) is 22.9. The van der Waals surface area contributed by atoms with Gasteiger partial charge in [-0.2, -0.15) is 0 Å². The molecule has 0 aromatic carbocycles. The van der Waals surface area contributed by atoms with Gasteiger partial charge in [-0.25, -0.2) is 0 Å². The van der Waals surface area contributed by atoms with E-state index in [9.17, 15) is 4.79 Å². The number of carbonyl (C=O) groups excluding carboxylic acids is 1. The summed E-state index contributed by atoms with van der Waals surface area (Å²) in [5, 5.41) is 1.12. The molecule has 2 N–H and O–H groups in total. The van der Waals surface area contributed by atoms with Crippen molar-refractivity contribution in [1.82, 2.24) is 0 Å². The quantitative estimate of drug-likeness (QED) is 0.677. The zero-order valence-electron chi connectivity index (χ0n) is 13.3. The van der Waals surface area contributed by atoms with E-state index in [4.69, 9.17) is 10.5 Å². The summed E-state index contributed by atoms with van der Waals surface area (Å²) in [5.41, 5.74) is 6.89. The molecule has 2 unspecified atom stereocenters. The van der Waals surface area contributed by atoms with Gasteiger partial charge in [-0.3, -0.25) is 4.79 Å². The van der Waals surface area contributed by atoms with Crippen molar-refractivity contribution in [2.75, 3.05) is 30.0 Å². The van der Waals surface area contributed by atoms with Crippen LogP contribution in [0, 0.1) is 5.92 Å². The predicted molar refractivity (Wildman–Crippen MR) is 91.9 cm³/mol. The molecule has 1 aliphatic rings. The lowest BCUT2D eigenvalue weighted by Crippen LogP contribution is -2.45. The number of hydrogen-bond acceptors (Lipinski definition) is 6. The molecule has 21 heavy (non-hydrogen) atoms. The van der Waals surface area contributed by atoms with E-state index in [1.54, 1.807) is 11.8 Å². The van der Waals surface area contributed by atoms with Crippen LogP contribution in [0.2, 0.25) is 0 Å². The zero-order chi connectivity index (χ0) is 15.7. The fourth-order valence-electron chi connectivity index (χ4n) is 2.61. The molecule has 1 aliphatic heterocycles. The molecule has 1 saturated heterocycles. The van der Waals surface area contributed by atoms with Crippen LogP contribution in [0.5, 0.6) is 0 Å². The van der Waals surface area contributed by atoms with Gasteiger partial charge in [-0.1, -0.05) is 13.8 Å². The van der Waals surface area contributed by atoms with Crippen LogP contribution in [0.25, 0.3) is 0 Å². The Labute approximate surface area is 135 Å². The number of nitrogen functional groups attached to an aromatic ring is 1. The number of thiophene rings is 1. The lowest BCUT2D eigenvalue weighted by Gasteiger charge is -2.36. The van der Waals surface area contributed by atoms with Gasteiger partial charge in [0.2, 0.25) is 0 Å². The molecule has 1 fully saturated rings. The smallest absolute Gasteiger partial charge is 0.177 e. The average Bonchev–Trinajstić information content (AvgIpc) is 2.73. The first kappa shape index (κ1) is 16.6. The number of hydrogen-bond donors (Lipinski definition) is 1. The van der Waals surface area contributed by atoms with E-state index in [0.29, 0.717) is 10.6 Å². The molecule has 6 heteroatoms. The number of rotatable bonds is 4. The number of anilines is 2. The van der Waals surface area contributed by atoms with E-state index in [2.05, 4.69) is 18.7 Å². The van der Waals surface area contributed by atoms with E-state index in [1.807, 2.05) is 20.1 Å². The second-order valence-corrected chi connectivity index (χ2v) is 7.68. The highest BCUT2D eigenvalue weighted by Crippen LogP contribution is 2.45. The minimum absolute atomic E-state index is 0.0314. The maximum Gasteiger partial charge on any atom is 0.177 e. The molecule has 0 saturated carbocycles. The predicted octanol–water partition coefficient (Wildman–Crippen LogP) is 3.50. The number of ether oxygens (including phenoxy) is 1. The average molecular weight is 329 g/mol. The van der Waals surface area contributed by atoms with Crippen LogP contribution in [-0.2, 0) is 4.74 Å². The summed E-state index contributed by atoms with van der Waals surface area (Å²) in [7, 11) is 0. The summed E-state index contributed by atoms with van der Waals surface area (Å²) in [6.45, 7) is 9.68. The van der Waals surface area contributed by atoms with E-state index in [0.717, 1.165) is 23.0 Å². The van der Waals surface area contributed by atoms with Gasteiger partial charge >= 0.3 is 0 Å². The van der Waals surface area contributed by atoms with Gasteiger partial charge in [0.25, 0.3) is 0 Å². The van der Waals surface area contributed by atoms with Crippen molar-refractivity contribution in [3.05, 3.63) is 4.88 Å². The third kappa shape index (κ3) is 3.38. The number of nitrogens with zero attached hydrogens (tertiary/aromatic N) is 1. The maximum atomic E-state index is 12.3. The minimum atomic E-state index is -0.0314. The molecule has 2 atom stereocenters. The van der Waals surface area contributed by atoms with Gasteiger partial charge in [0.05, 0.1) is 27.7 Å². The number of morpholine rings is 1. The topological polar surface area (TPSA) is 55.6 Å². The Kier molecular flexibility index (Phi) is 5.22. The SMILES string of the molecule is CSc1c(N2CC(C)OC(C)C2)sc(C(=O)C(C)C)c1N. The standard InChI is InChI=1S/C15H24N2O2S2/c1-8(2)12(18)13-11(16)14(20-5)15(21-13)17-6-9(3)19-10(4)7-17/h8-10H,6-7,16H2,1-5H3. The molecule has 0 bridgehead atoms. The summed E-state index contributed by atoms with van der Waals surface area (Å²) >= 11 is 3.15. The van der Waals surface area contributed by atoms with Gasteiger partial charge in [-0.05, 0) is 20.1 Å². The molecule has 2 heterocycles. The van der Waals surface area contributed by atoms with E-state index in [1.165, 1.54) is 11.3 Å².